The summed E-state index contributed by atoms with van der Waals surface area (Å²) in [6, 6.07) is 4.21. The first kappa shape index (κ1) is 25.8. The number of hydrogen-bond acceptors (Lipinski definition) is 6. The number of amides is 1. The van der Waals surface area contributed by atoms with E-state index in [0.717, 1.165) is 61.2 Å². The number of nitrogens with zero attached hydrogens (tertiary/aromatic N) is 3. The number of ether oxygens (including phenoxy) is 1. The van der Waals surface area contributed by atoms with E-state index in [1.54, 1.807) is 11.8 Å². The monoisotopic (exact) mass is 515 g/mol. The number of methoxy groups -OCH3 is 1. The first-order valence-electron chi connectivity index (χ1n) is 13.8. The van der Waals surface area contributed by atoms with Gasteiger partial charge in [0.2, 0.25) is 0 Å². The van der Waals surface area contributed by atoms with E-state index in [1.807, 2.05) is 31.2 Å². The number of thioether (sulfide) groups is 1. The number of piperidine rings is 1. The molecule has 3 atom stereocenters. The summed E-state index contributed by atoms with van der Waals surface area (Å²) in [7, 11) is 3.87. The fourth-order valence-electron chi connectivity index (χ4n) is 7.90. The number of aromatic nitrogens is 1. The molecular weight excluding hydrogens is 474 g/mol. The molecule has 8 heteroatoms. The second-order valence-corrected chi connectivity index (χ2v) is 12.8. The molecule has 5 aliphatic rings. The number of carboxylic acid groups (broad SMARTS) is 1. The van der Waals surface area contributed by atoms with Gasteiger partial charge >= 0.3 is 5.97 Å². The van der Waals surface area contributed by atoms with Crippen molar-refractivity contribution in [3.8, 4) is 0 Å². The minimum atomic E-state index is -0.737. The highest BCUT2D eigenvalue weighted by Crippen LogP contribution is 2.58. The maximum atomic E-state index is 13.9. The SMILES string of the molecule is CCCSc1nc(N2CCC[C@@H](CC(=O)O)C2)ccc1C(=O)N(C)C1[C@H]2CC3C[C@H]1CC(OC)(C3)C2. The number of carboxylic acids is 1. The van der Waals surface area contributed by atoms with Crippen molar-refractivity contribution in [1.29, 1.82) is 0 Å². The van der Waals surface area contributed by atoms with Gasteiger partial charge in [0, 0.05) is 39.7 Å². The van der Waals surface area contributed by atoms with Crippen LogP contribution in [0.15, 0.2) is 17.2 Å². The van der Waals surface area contributed by atoms with Crippen molar-refractivity contribution in [3.05, 3.63) is 17.7 Å². The number of aliphatic carboxylic acids is 1. The molecule has 0 radical (unpaired) electrons. The highest BCUT2D eigenvalue weighted by atomic mass is 32.2. The minimum absolute atomic E-state index is 0.0369. The molecule has 5 fully saturated rings. The van der Waals surface area contributed by atoms with E-state index >= 15 is 0 Å². The Kier molecular flexibility index (Phi) is 7.55. The van der Waals surface area contributed by atoms with E-state index in [9.17, 15) is 14.7 Å². The van der Waals surface area contributed by atoms with E-state index in [1.165, 1.54) is 19.3 Å². The third kappa shape index (κ3) is 5.00. The molecule has 0 aromatic carbocycles. The average molecular weight is 516 g/mol. The zero-order valence-corrected chi connectivity index (χ0v) is 22.8. The summed E-state index contributed by atoms with van der Waals surface area (Å²) in [4.78, 5) is 34.4. The molecule has 4 bridgehead atoms. The van der Waals surface area contributed by atoms with Crippen molar-refractivity contribution in [2.24, 2.45) is 23.7 Å². The van der Waals surface area contributed by atoms with E-state index in [4.69, 9.17) is 9.72 Å². The van der Waals surface area contributed by atoms with Gasteiger partial charge in [-0.05, 0) is 92.9 Å². The number of rotatable bonds is 9. The van der Waals surface area contributed by atoms with Crippen LogP contribution in [0.25, 0.3) is 0 Å². The Morgan fingerprint density at radius 1 is 1.25 bits per heavy atom. The van der Waals surface area contributed by atoms with Gasteiger partial charge in [-0.2, -0.15) is 0 Å². The number of carbonyl (C=O) groups excluding carboxylic acids is 1. The second-order valence-electron chi connectivity index (χ2n) is 11.7. The molecule has 4 aliphatic carbocycles. The largest absolute Gasteiger partial charge is 0.481 e. The quantitative estimate of drug-likeness (QED) is 0.467. The molecule has 1 aliphatic heterocycles. The first-order valence-corrected chi connectivity index (χ1v) is 14.7. The van der Waals surface area contributed by atoms with Gasteiger partial charge in [-0.1, -0.05) is 6.92 Å². The molecule has 36 heavy (non-hydrogen) atoms. The summed E-state index contributed by atoms with van der Waals surface area (Å²) in [5.41, 5.74) is 0.740. The van der Waals surface area contributed by atoms with Crippen molar-refractivity contribution < 1.29 is 19.4 Å². The lowest BCUT2D eigenvalue weighted by molar-refractivity contribution is -0.168. The average Bonchev–Trinajstić information content (AvgIpc) is 2.86. The molecular formula is C28H41N3O4S. The van der Waals surface area contributed by atoms with Gasteiger partial charge in [-0.15, -0.1) is 11.8 Å². The fraction of sp³-hybridized carbons (Fsp3) is 0.750. The summed E-state index contributed by atoms with van der Waals surface area (Å²) in [5.74, 6) is 3.04. The van der Waals surface area contributed by atoms with Gasteiger partial charge in [-0.25, -0.2) is 4.98 Å². The van der Waals surface area contributed by atoms with Crippen molar-refractivity contribution in [3.63, 3.8) is 0 Å². The Bertz CT molecular complexity index is 972. The van der Waals surface area contributed by atoms with E-state index in [0.29, 0.717) is 23.9 Å². The van der Waals surface area contributed by atoms with Crippen molar-refractivity contribution in [1.82, 2.24) is 9.88 Å². The minimum Gasteiger partial charge on any atom is -0.481 e. The van der Waals surface area contributed by atoms with Gasteiger partial charge in [0.05, 0.1) is 11.2 Å². The second kappa shape index (κ2) is 10.5. The normalized spacial score (nSPS) is 33.1. The van der Waals surface area contributed by atoms with Crippen LogP contribution in [0.3, 0.4) is 0 Å². The molecule has 1 amide bonds. The summed E-state index contributed by atoms with van der Waals surface area (Å²) in [6.45, 7) is 3.73. The van der Waals surface area contributed by atoms with Crippen LogP contribution in [-0.4, -0.2) is 71.5 Å². The van der Waals surface area contributed by atoms with Crippen LogP contribution >= 0.6 is 11.8 Å². The molecule has 198 valence electrons. The summed E-state index contributed by atoms with van der Waals surface area (Å²) in [5, 5.41) is 10.0. The van der Waals surface area contributed by atoms with Crippen LogP contribution in [0, 0.1) is 23.7 Å². The molecule has 0 spiro atoms. The Balaban J connectivity index is 1.36. The van der Waals surface area contributed by atoms with Crippen LogP contribution in [0.1, 0.15) is 75.1 Å². The van der Waals surface area contributed by atoms with Gasteiger partial charge in [0.1, 0.15) is 10.8 Å². The van der Waals surface area contributed by atoms with E-state index < -0.39 is 5.97 Å². The Morgan fingerprint density at radius 3 is 2.67 bits per heavy atom. The number of anilines is 1. The van der Waals surface area contributed by atoms with Crippen LogP contribution in [0.2, 0.25) is 0 Å². The highest BCUT2D eigenvalue weighted by Gasteiger charge is 2.57. The number of hydrogen-bond donors (Lipinski definition) is 1. The standard InChI is InChI=1S/C28H41N3O4S/c1-4-10-36-26-22(7-8-23(29-26)31-9-5-6-18(17-31)13-24(32)33)27(34)30(2)25-20-11-19-12-21(25)16-28(14-19,15-20)35-3/h7-8,18-21,25H,4-6,9-17H2,1-3H3,(H,32,33)/t18-,19?,20-,21-,25?,28?/m0/s1. The first-order chi connectivity index (χ1) is 17.3. The van der Waals surface area contributed by atoms with Crippen LogP contribution in [0.4, 0.5) is 5.82 Å². The van der Waals surface area contributed by atoms with E-state index in [2.05, 4.69) is 11.8 Å². The summed E-state index contributed by atoms with van der Waals surface area (Å²) in [6.07, 6.45) is 8.87. The third-order valence-corrected chi connectivity index (χ3v) is 10.4. The van der Waals surface area contributed by atoms with Crippen LogP contribution in [0.5, 0.6) is 0 Å². The lowest BCUT2D eigenvalue weighted by atomic mass is 9.52. The topological polar surface area (TPSA) is 83.0 Å². The van der Waals surface area contributed by atoms with Crippen molar-refractivity contribution >= 4 is 29.5 Å². The Labute approximate surface area is 219 Å². The van der Waals surface area contributed by atoms with Crippen molar-refractivity contribution in [2.45, 2.75) is 81.4 Å². The molecule has 4 saturated carbocycles. The lowest BCUT2D eigenvalue weighted by Crippen LogP contribution is -2.62. The number of carbonyl (C=O) groups is 2. The van der Waals surface area contributed by atoms with Gasteiger partial charge < -0.3 is 19.6 Å². The Hall–Kier alpha value is -1.80. The molecule has 1 N–H and O–H groups in total. The third-order valence-electron chi connectivity index (χ3n) is 9.19. The van der Waals surface area contributed by atoms with Crippen LogP contribution in [-0.2, 0) is 9.53 Å². The zero-order valence-electron chi connectivity index (χ0n) is 21.9. The highest BCUT2D eigenvalue weighted by molar-refractivity contribution is 7.99. The smallest absolute Gasteiger partial charge is 0.303 e. The van der Waals surface area contributed by atoms with Gasteiger partial charge in [0.15, 0.2) is 0 Å². The molecule has 1 saturated heterocycles. The summed E-state index contributed by atoms with van der Waals surface area (Å²) >= 11 is 1.66. The predicted molar refractivity (Wildman–Crippen MR) is 142 cm³/mol. The maximum Gasteiger partial charge on any atom is 0.303 e. The van der Waals surface area contributed by atoms with Gasteiger partial charge in [-0.3, -0.25) is 9.59 Å². The molecule has 6 rings (SSSR count). The zero-order chi connectivity index (χ0) is 25.4. The summed E-state index contributed by atoms with van der Waals surface area (Å²) < 4.78 is 6.03. The lowest BCUT2D eigenvalue weighted by Gasteiger charge is -2.60. The molecule has 0 unspecified atom stereocenters. The van der Waals surface area contributed by atoms with E-state index in [-0.39, 0.29) is 29.9 Å². The molecule has 7 nitrogen and oxygen atoms in total. The molecule has 1 aromatic rings. The van der Waals surface area contributed by atoms with Crippen molar-refractivity contribution in [2.75, 3.05) is 37.9 Å². The van der Waals surface area contributed by atoms with Crippen LogP contribution < -0.4 is 4.90 Å². The fourth-order valence-corrected chi connectivity index (χ4v) is 8.76. The Morgan fingerprint density at radius 2 is 2.00 bits per heavy atom. The molecule has 2 heterocycles. The predicted octanol–water partition coefficient (Wildman–Crippen LogP) is 4.94. The van der Waals surface area contributed by atoms with Gasteiger partial charge in [0.25, 0.3) is 5.91 Å². The maximum absolute atomic E-state index is 13.9. The molecule has 1 aromatic heterocycles. The number of pyridine rings is 1.